The number of benzene rings is 1. The first-order chi connectivity index (χ1) is 12.7. The van der Waals surface area contributed by atoms with Gasteiger partial charge in [-0.3, -0.25) is 4.79 Å². The van der Waals surface area contributed by atoms with Crippen molar-refractivity contribution in [1.29, 1.82) is 0 Å². The number of fused-ring (bicyclic) bond motifs is 1. The molecular weight excluding hydrogens is 346 g/mol. The number of thiazole rings is 1. The molecule has 0 unspecified atom stereocenters. The summed E-state index contributed by atoms with van der Waals surface area (Å²) in [6, 6.07) is 6.48. The zero-order chi connectivity index (χ0) is 17.9. The number of amides is 1. The summed E-state index contributed by atoms with van der Waals surface area (Å²) in [6.45, 7) is 7.06. The van der Waals surface area contributed by atoms with Gasteiger partial charge in [0.15, 0.2) is 5.13 Å². The molecule has 6 heteroatoms. The molecular formula is C20H27N3O2S. The fraction of sp³-hybridized carbons (Fsp3) is 0.600. The number of para-hydroxylation sites is 1. The number of ether oxygens (including phenoxy) is 1. The Hall–Kier alpha value is -1.66. The zero-order valence-electron chi connectivity index (χ0n) is 15.4. The van der Waals surface area contributed by atoms with Crippen LogP contribution in [0.1, 0.15) is 31.7 Å². The van der Waals surface area contributed by atoms with Crippen molar-refractivity contribution in [3.05, 3.63) is 23.8 Å². The third-order valence-electron chi connectivity index (χ3n) is 5.58. The van der Waals surface area contributed by atoms with Gasteiger partial charge in [-0.05, 0) is 36.8 Å². The lowest BCUT2D eigenvalue weighted by Gasteiger charge is -2.33. The lowest BCUT2D eigenvalue weighted by molar-refractivity contribution is -0.136. The van der Waals surface area contributed by atoms with Crippen molar-refractivity contribution in [1.82, 2.24) is 9.88 Å². The van der Waals surface area contributed by atoms with Gasteiger partial charge >= 0.3 is 0 Å². The van der Waals surface area contributed by atoms with E-state index < -0.39 is 0 Å². The molecule has 2 aliphatic rings. The average Bonchev–Trinajstić information content (AvgIpc) is 3.13. The minimum absolute atomic E-state index is 0.305. The zero-order valence-corrected chi connectivity index (χ0v) is 16.3. The molecule has 0 bridgehead atoms. The van der Waals surface area contributed by atoms with E-state index in [2.05, 4.69) is 30.0 Å². The van der Waals surface area contributed by atoms with Gasteiger partial charge in [-0.25, -0.2) is 4.98 Å². The normalized spacial score (nSPS) is 19.3. The Balaban J connectivity index is 1.35. The van der Waals surface area contributed by atoms with Crippen LogP contribution in [0.4, 0.5) is 5.13 Å². The lowest BCUT2D eigenvalue weighted by Crippen LogP contribution is -2.42. The van der Waals surface area contributed by atoms with Crippen LogP contribution in [0.2, 0.25) is 0 Å². The topological polar surface area (TPSA) is 45.7 Å². The molecule has 1 aromatic carbocycles. The highest BCUT2D eigenvalue weighted by molar-refractivity contribution is 7.22. The van der Waals surface area contributed by atoms with Gasteiger partial charge in [0.05, 0.1) is 23.4 Å². The summed E-state index contributed by atoms with van der Waals surface area (Å²) in [5.74, 6) is 0.807. The standard InChI is InChI=1S/C20H27N3O2S/c1-2-16-4-3-5-17-19(16)21-20(26-17)23-8-6-15(7-9-23)14-18(24)22-10-12-25-13-11-22/h3-5,15H,2,6-14H2,1H3. The minimum atomic E-state index is 0.305. The SMILES string of the molecule is CCc1cccc2sc(N3CCC(CC(=O)N4CCOCC4)CC3)nc12. The Morgan fingerprint density at radius 1 is 1.23 bits per heavy atom. The van der Waals surface area contributed by atoms with Crippen LogP contribution in [-0.4, -0.2) is 55.2 Å². The van der Waals surface area contributed by atoms with Gasteiger partial charge in [-0.2, -0.15) is 0 Å². The first-order valence-electron chi connectivity index (χ1n) is 9.73. The quantitative estimate of drug-likeness (QED) is 0.825. The average molecular weight is 374 g/mol. The first kappa shape index (κ1) is 17.7. The largest absolute Gasteiger partial charge is 0.378 e. The predicted molar refractivity (Wildman–Crippen MR) is 106 cm³/mol. The second kappa shape index (κ2) is 7.92. The molecule has 4 rings (SSSR count). The highest BCUT2D eigenvalue weighted by atomic mass is 32.1. The van der Waals surface area contributed by atoms with Crippen LogP contribution in [0.5, 0.6) is 0 Å². The third kappa shape index (κ3) is 3.71. The third-order valence-corrected chi connectivity index (χ3v) is 6.67. The number of carbonyl (C=O) groups is 1. The molecule has 0 radical (unpaired) electrons. The fourth-order valence-corrected chi connectivity index (χ4v) is 5.00. The maximum absolute atomic E-state index is 12.5. The number of aromatic nitrogens is 1. The molecule has 1 amide bonds. The monoisotopic (exact) mass is 373 g/mol. The molecule has 0 N–H and O–H groups in total. The molecule has 1 aromatic heterocycles. The summed E-state index contributed by atoms with van der Waals surface area (Å²) >= 11 is 1.80. The number of rotatable bonds is 4. The molecule has 26 heavy (non-hydrogen) atoms. The molecule has 2 aromatic rings. The van der Waals surface area contributed by atoms with E-state index in [1.165, 1.54) is 15.8 Å². The van der Waals surface area contributed by atoms with Crippen LogP contribution >= 0.6 is 11.3 Å². The number of anilines is 1. The van der Waals surface area contributed by atoms with Crippen molar-refractivity contribution in [3.63, 3.8) is 0 Å². The van der Waals surface area contributed by atoms with Crippen molar-refractivity contribution in [3.8, 4) is 0 Å². The number of nitrogens with zero attached hydrogens (tertiary/aromatic N) is 3. The van der Waals surface area contributed by atoms with Crippen LogP contribution in [0.15, 0.2) is 18.2 Å². The summed E-state index contributed by atoms with van der Waals surface area (Å²) in [7, 11) is 0. The minimum Gasteiger partial charge on any atom is -0.378 e. The highest BCUT2D eigenvalue weighted by Gasteiger charge is 2.26. The van der Waals surface area contributed by atoms with E-state index in [1.807, 2.05) is 4.90 Å². The predicted octanol–water partition coefficient (Wildman–Crippen LogP) is 3.32. The fourth-order valence-electron chi connectivity index (χ4n) is 3.93. The van der Waals surface area contributed by atoms with Crippen molar-refractivity contribution in [2.45, 2.75) is 32.6 Å². The van der Waals surface area contributed by atoms with E-state index in [9.17, 15) is 4.79 Å². The molecule has 2 saturated heterocycles. The van der Waals surface area contributed by atoms with Crippen molar-refractivity contribution < 1.29 is 9.53 Å². The molecule has 140 valence electrons. The molecule has 5 nitrogen and oxygen atoms in total. The molecule has 2 aliphatic heterocycles. The van der Waals surface area contributed by atoms with Crippen molar-refractivity contribution in [2.24, 2.45) is 5.92 Å². The summed E-state index contributed by atoms with van der Waals surface area (Å²) in [5.41, 5.74) is 2.50. The van der Waals surface area contributed by atoms with E-state index in [0.29, 0.717) is 31.5 Å². The number of carbonyl (C=O) groups excluding carboxylic acids is 1. The summed E-state index contributed by atoms with van der Waals surface area (Å²) in [6.07, 6.45) is 3.86. The number of piperidine rings is 1. The van der Waals surface area contributed by atoms with Gasteiger partial charge in [-0.1, -0.05) is 30.4 Å². The van der Waals surface area contributed by atoms with E-state index >= 15 is 0 Å². The Kier molecular flexibility index (Phi) is 5.41. The van der Waals surface area contributed by atoms with Crippen LogP contribution in [0.25, 0.3) is 10.2 Å². The van der Waals surface area contributed by atoms with Crippen LogP contribution in [0, 0.1) is 5.92 Å². The molecule has 2 fully saturated rings. The molecule has 3 heterocycles. The maximum Gasteiger partial charge on any atom is 0.223 e. The molecule has 0 spiro atoms. The van der Waals surface area contributed by atoms with Gasteiger partial charge in [0, 0.05) is 32.6 Å². The van der Waals surface area contributed by atoms with Crippen LogP contribution in [0.3, 0.4) is 0 Å². The van der Waals surface area contributed by atoms with E-state index in [-0.39, 0.29) is 0 Å². The van der Waals surface area contributed by atoms with E-state index in [1.54, 1.807) is 11.3 Å². The van der Waals surface area contributed by atoms with Gasteiger partial charge in [0.25, 0.3) is 0 Å². The number of hydrogen-bond donors (Lipinski definition) is 0. The van der Waals surface area contributed by atoms with Gasteiger partial charge in [0.1, 0.15) is 0 Å². The lowest BCUT2D eigenvalue weighted by atomic mass is 9.93. The molecule has 0 saturated carbocycles. The second-order valence-corrected chi connectivity index (χ2v) is 8.25. The summed E-state index contributed by atoms with van der Waals surface area (Å²) in [4.78, 5) is 21.7. The number of hydrogen-bond acceptors (Lipinski definition) is 5. The number of morpholine rings is 1. The Bertz CT molecular complexity index is 762. The first-order valence-corrected chi connectivity index (χ1v) is 10.5. The van der Waals surface area contributed by atoms with Gasteiger partial charge in [-0.15, -0.1) is 0 Å². The highest BCUT2D eigenvalue weighted by Crippen LogP contribution is 2.33. The smallest absolute Gasteiger partial charge is 0.223 e. The van der Waals surface area contributed by atoms with Crippen molar-refractivity contribution >= 4 is 32.6 Å². The second-order valence-electron chi connectivity index (χ2n) is 7.24. The number of aryl methyl sites for hydroxylation is 1. The van der Waals surface area contributed by atoms with Crippen LogP contribution in [-0.2, 0) is 16.0 Å². The van der Waals surface area contributed by atoms with E-state index in [4.69, 9.17) is 9.72 Å². The van der Waals surface area contributed by atoms with Crippen LogP contribution < -0.4 is 4.90 Å². The summed E-state index contributed by atoms with van der Waals surface area (Å²) in [5, 5.41) is 1.14. The van der Waals surface area contributed by atoms with E-state index in [0.717, 1.165) is 50.6 Å². The Labute approximate surface area is 159 Å². The maximum atomic E-state index is 12.5. The Morgan fingerprint density at radius 3 is 2.73 bits per heavy atom. The Morgan fingerprint density at radius 2 is 2.00 bits per heavy atom. The summed E-state index contributed by atoms with van der Waals surface area (Å²) < 4.78 is 6.62. The molecule has 0 aliphatic carbocycles. The van der Waals surface area contributed by atoms with Crippen molar-refractivity contribution in [2.75, 3.05) is 44.3 Å². The van der Waals surface area contributed by atoms with Gasteiger partial charge in [0.2, 0.25) is 5.91 Å². The molecule has 0 atom stereocenters. The van der Waals surface area contributed by atoms with Gasteiger partial charge < -0.3 is 14.5 Å².